The maximum absolute atomic E-state index is 11.0. The Morgan fingerprint density at radius 1 is 1.41 bits per heavy atom. The SMILES string of the molecule is CC1(C)c2cc(OS(C)(=O)=O)ccc2O[C@H]1O. The van der Waals surface area contributed by atoms with Gasteiger partial charge in [0.15, 0.2) is 0 Å². The highest BCUT2D eigenvalue weighted by Crippen LogP contribution is 2.43. The molecule has 1 aromatic rings. The molecule has 2 rings (SSSR count). The highest BCUT2D eigenvalue weighted by Gasteiger charge is 2.40. The third kappa shape index (κ3) is 2.23. The number of benzene rings is 1. The molecular weight excluding hydrogens is 244 g/mol. The van der Waals surface area contributed by atoms with Crippen LogP contribution in [0.2, 0.25) is 0 Å². The van der Waals surface area contributed by atoms with Crippen LogP contribution in [0.5, 0.6) is 11.5 Å². The van der Waals surface area contributed by atoms with Gasteiger partial charge >= 0.3 is 10.1 Å². The molecule has 1 atom stereocenters. The molecule has 0 unspecified atom stereocenters. The lowest BCUT2D eigenvalue weighted by atomic mass is 9.85. The van der Waals surface area contributed by atoms with Crippen molar-refractivity contribution < 1.29 is 22.4 Å². The molecule has 1 N–H and O–H groups in total. The van der Waals surface area contributed by atoms with Gasteiger partial charge in [-0.15, -0.1) is 0 Å². The van der Waals surface area contributed by atoms with Gasteiger partial charge in [0.25, 0.3) is 0 Å². The molecule has 1 heterocycles. The molecule has 5 nitrogen and oxygen atoms in total. The Kier molecular flexibility index (Phi) is 2.59. The average Bonchev–Trinajstić information content (AvgIpc) is 2.37. The Bertz CT molecular complexity index is 547. The van der Waals surface area contributed by atoms with Gasteiger partial charge in [-0.2, -0.15) is 8.42 Å². The molecule has 0 aromatic heterocycles. The van der Waals surface area contributed by atoms with Crippen LogP contribution in [0.1, 0.15) is 19.4 Å². The van der Waals surface area contributed by atoms with Gasteiger partial charge in [0, 0.05) is 5.56 Å². The summed E-state index contributed by atoms with van der Waals surface area (Å²) in [5.74, 6) is 0.764. The van der Waals surface area contributed by atoms with Gasteiger partial charge in [0.05, 0.1) is 11.7 Å². The van der Waals surface area contributed by atoms with Crippen LogP contribution in [0.4, 0.5) is 0 Å². The maximum Gasteiger partial charge on any atom is 0.306 e. The highest BCUT2D eigenvalue weighted by molar-refractivity contribution is 7.86. The highest BCUT2D eigenvalue weighted by atomic mass is 32.2. The number of hydrogen-bond donors (Lipinski definition) is 1. The zero-order chi connectivity index (χ0) is 12.8. The van der Waals surface area contributed by atoms with Crippen LogP contribution >= 0.6 is 0 Å². The predicted octanol–water partition coefficient (Wildman–Crippen LogP) is 1.01. The van der Waals surface area contributed by atoms with Gasteiger partial charge in [-0.3, -0.25) is 0 Å². The zero-order valence-corrected chi connectivity index (χ0v) is 10.6. The van der Waals surface area contributed by atoms with Crippen molar-refractivity contribution in [1.29, 1.82) is 0 Å². The number of rotatable bonds is 2. The summed E-state index contributed by atoms with van der Waals surface area (Å²) in [6.07, 6.45) is 0.0439. The second kappa shape index (κ2) is 3.61. The van der Waals surface area contributed by atoms with E-state index in [0.29, 0.717) is 5.75 Å². The number of fused-ring (bicyclic) bond motifs is 1. The molecule has 0 fully saturated rings. The van der Waals surface area contributed by atoms with Crippen molar-refractivity contribution in [3.63, 3.8) is 0 Å². The maximum atomic E-state index is 11.0. The summed E-state index contributed by atoms with van der Waals surface area (Å²) in [6, 6.07) is 4.66. The molecule has 0 radical (unpaired) electrons. The first-order chi connectivity index (χ1) is 7.70. The number of ether oxygens (including phenoxy) is 1. The second-order valence-electron chi connectivity index (χ2n) is 4.64. The molecule has 94 valence electrons. The largest absolute Gasteiger partial charge is 0.464 e. The van der Waals surface area contributed by atoms with E-state index in [0.717, 1.165) is 11.8 Å². The molecule has 17 heavy (non-hydrogen) atoms. The molecule has 0 saturated heterocycles. The van der Waals surface area contributed by atoms with Gasteiger partial charge < -0.3 is 14.0 Å². The van der Waals surface area contributed by atoms with E-state index in [9.17, 15) is 13.5 Å². The van der Waals surface area contributed by atoms with Crippen LogP contribution in [0, 0.1) is 0 Å². The number of aliphatic hydroxyl groups is 1. The van der Waals surface area contributed by atoms with Gasteiger partial charge in [-0.05, 0) is 32.0 Å². The Morgan fingerprint density at radius 2 is 2.06 bits per heavy atom. The van der Waals surface area contributed by atoms with Crippen molar-refractivity contribution in [3.8, 4) is 11.5 Å². The summed E-state index contributed by atoms with van der Waals surface area (Å²) in [5, 5.41) is 9.72. The van der Waals surface area contributed by atoms with Gasteiger partial charge in [0.2, 0.25) is 6.29 Å². The van der Waals surface area contributed by atoms with E-state index in [2.05, 4.69) is 0 Å². The van der Waals surface area contributed by atoms with Crippen molar-refractivity contribution in [1.82, 2.24) is 0 Å². The van der Waals surface area contributed by atoms with Crippen molar-refractivity contribution >= 4 is 10.1 Å². The van der Waals surface area contributed by atoms with Crippen LogP contribution in [-0.2, 0) is 15.5 Å². The third-order valence-corrected chi connectivity index (χ3v) is 3.24. The topological polar surface area (TPSA) is 72.8 Å². The summed E-state index contributed by atoms with van der Waals surface area (Å²) < 4.78 is 32.1. The van der Waals surface area contributed by atoms with E-state index in [-0.39, 0.29) is 5.75 Å². The minimum absolute atomic E-state index is 0.219. The Labute approximate surface area is 100 Å². The summed E-state index contributed by atoms with van der Waals surface area (Å²) in [5.41, 5.74) is 0.137. The van der Waals surface area contributed by atoms with Crippen LogP contribution < -0.4 is 8.92 Å². The first-order valence-electron chi connectivity index (χ1n) is 5.09. The fourth-order valence-corrected chi connectivity index (χ4v) is 2.20. The fraction of sp³-hybridized carbons (Fsp3) is 0.455. The Hall–Kier alpha value is -1.27. The van der Waals surface area contributed by atoms with E-state index in [1.165, 1.54) is 6.07 Å². The van der Waals surface area contributed by atoms with Crippen LogP contribution in [0.3, 0.4) is 0 Å². The number of aliphatic hydroxyl groups excluding tert-OH is 1. The van der Waals surface area contributed by atoms with E-state index in [1.807, 2.05) is 13.8 Å². The van der Waals surface area contributed by atoms with E-state index >= 15 is 0 Å². The monoisotopic (exact) mass is 258 g/mol. The zero-order valence-electron chi connectivity index (χ0n) is 9.80. The van der Waals surface area contributed by atoms with Crippen LogP contribution in [0.15, 0.2) is 18.2 Å². The lowest BCUT2D eigenvalue weighted by molar-refractivity contribution is -0.0450. The van der Waals surface area contributed by atoms with E-state index in [1.54, 1.807) is 12.1 Å². The van der Waals surface area contributed by atoms with E-state index < -0.39 is 21.8 Å². The van der Waals surface area contributed by atoms with Crippen LogP contribution in [-0.4, -0.2) is 26.1 Å². The molecule has 1 aromatic carbocycles. The molecule has 1 aliphatic heterocycles. The molecule has 0 saturated carbocycles. The molecular formula is C11H14O5S. The molecule has 0 spiro atoms. The normalized spacial score (nSPS) is 21.8. The van der Waals surface area contributed by atoms with Gasteiger partial charge in [-0.1, -0.05) is 0 Å². The molecule has 6 heteroatoms. The van der Waals surface area contributed by atoms with Crippen LogP contribution in [0.25, 0.3) is 0 Å². The summed E-state index contributed by atoms with van der Waals surface area (Å²) in [6.45, 7) is 3.63. The van der Waals surface area contributed by atoms with Gasteiger partial charge in [-0.25, -0.2) is 0 Å². The Balaban J connectivity index is 2.42. The smallest absolute Gasteiger partial charge is 0.306 e. The minimum Gasteiger partial charge on any atom is -0.464 e. The minimum atomic E-state index is -3.55. The number of hydrogen-bond acceptors (Lipinski definition) is 5. The Morgan fingerprint density at radius 3 is 2.65 bits per heavy atom. The van der Waals surface area contributed by atoms with Crippen molar-refractivity contribution in [2.24, 2.45) is 0 Å². The molecule has 0 amide bonds. The molecule has 0 bridgehead atoms. The lowest BCUT2D eigenvalue weighted by Crippen LogP contribution is -2.31. The average molecular weight is 258 g/mol. The predicted molar refractivity (Wildman–Crippen MR) is 61.6 cm³/mol. The summed E-state index contributed by atoms with van der Waals surface area (Å²) >= 11 is 0. The van der Waals surface area contributed by atoms with Crippen molar-refractivity contribution in [2.45, 2.75) is 25.6 Å². The second-order valence-corrected chi connectivity index (χ2v) is 6.21. The third-order valence-electron chi connectivity index (χ3n) is 2.75. The fourth-order valence-electron chi connectivity index (χ4n) is 1.74. The first kappa shape index (κ1) is 12.2. The van der Waals surface area contributed by atoms with Crippen molar-refractivity contribution in [2.75, 3.05) is 6.26 Å². The van der Waals surface area contributed by atoms with Crippen molar-refractivity contribution in [3.05, 3.63) is 23.8 Å². The lowest BCUT2D eigenvalue weighted by Gasteiger charge is -2.20. The van der Waals surface area contributed by atoms with E-state index in [4.69, 9.17) is 8.92 Å². The molecule has 1 aliphatic rings. The molecule has 0 aliphatic carbocycles. The summed E-state index contributed by atoms with van der Waals surface area (Å²) in [4.78, 5) is 0. The standard InChI is InChI=1S/C11H14O5S/c1-11(2)8-6-7(16-17(3,13)14)4-5-9(8)15-10(11)12/h4-6,10,12H,1-3H3/t10-/m1/s1. The summed E-state index contributed by atoms with van der Waals surface area (Å²) in [7, 11) is -3.55. The quantitative estimate of drug-likeness (QED) is 0.802. The first-order valence-corrected chi connectivity index (χ1v) is 6.90. The van der Waals surface area contributed by atoms with Gasteiger partial charge in [0.1, 0.15) is 11.5 Å².